The molecule has 5 aromatic rings. The van der Waals surface area contributed by atoms with Gasteiger partial charge in [0, 0.05) is 10.9 Å². The van der Waals surface area contributed by atoms with Crippen LogP contribution in [-0.2, 0) is 12.8 Å². The molecule has 0 bridgehead atoms. The Morgan fingerprint density at radius 3 is 2.45 bits per heavy atom. The quantitative estimate of drug-likeness (QED) is 0.253. The summed E-state index contributed by atoms with van der Waals surface area (Å²) in [5.74, 6) is 0.876. The number of aryl methyl sites for hydroxylation is 1. The van der Waals surface area contributed by atoms with Gasteiger partial charge in [0.15, 0.2) is 0 Å². The Kier molecular flexibility index (Phi) is 3.60. The van der Waals surface area contributed by atoms with Crippen LogP contribution in [0.5, 0.6) is 5.75 Å². The molecule has 1 heterocycles. The number of pyridine rings is 1. The Labute approximate surface area is 169 Å². The van der Waals surface area contributed by atoms with Crippen molar-refractivity contribution in [1.29, 1.82) is 0 Å². The molecule has 29 heavy (non-hydrogen) atoms. The minimum absolute atomic E-state index is 0.876. The normalized spacial score (nSPS) is 13.3. The molecule has 0 N–H and O–H groups in total. The molecule has 6 rings (SSSR count). The predicted octanol–water partition coefficient (Wildman–Crippen LogP) is 6.71. The number of benzene rings is 4. The van der Waals surface area contributed by atoms with Gasteiger partial charge in [-0.2, -0.15) is 0 Å². The van der Waals surface area contributed by atoms with E-state index in [0.717, 1.165) is 35.4 Å². The highest BCUT2D eigenvalue weighted by atomic mass is 16.5. The molecule has 0 aliphatic heterocycles. The van der Waals surface area contributed by atoms with Crippen molar-refractivity contribution in [3.05, 3.63) is 83.9 Å². The van der Waals surface area contributed by atoms with E-state index in [1.54, 1.807) is 7.11 Å². The van der Waals surface area contributed by atoms with Gasteiger partial charge in [0.2, 0.25) is 0 Å². The van der Waals surface area contributed by atoms with E-state index in [9.17, 15) is 0 Å². The van der Waals surface area contributed by atoms with Gasteiger partial charge in [0.25, 0.3) is 0 Å². The Morgan fingerprint density at radius 2 is 1.59 bits per heavy atom. The predicted molar refractivity (Wildman–Crippen MR) is 121 cm³/mol. The number of methoxy groups -OCH3 is 1. The monoisotopic (exact) mass is 375 g/mol. The van der Waals surface area contributed by atoms with E-state index in [1.807, 2.05) is 12.1 Å². The van der Waals surface area contributed by atoms with Crippen molar-refractivity contribution in [3.63, 3.8) is 0 Å². The fourth-order valence-electron chi connectivity index (χ4n) is 4.89. The van der Waals surface area contributed by atoms with Gasteiger partial charge in [-0.25, -0.2) is 4.98 Å². The number of fused-ring (bicyclic) bond motifs is 6. The lowest BCUT2D eigenvalue weighted by atomic mass is 9.94. The second-order valence-corrected chi connectivity index (χ2v) is 7.88. The number of hydrogen-bond acceptors (Lipinski definition) is 2. The molecule has 0 radical (unpaired) electrons. The van der Waals surface area contributed by atoms with Crippen LogP contribution in [-0.4, -0.2) is 12.1 Å². The lowest BCUT2D eigenvalue weighted by Crippen LogP contribution is -1.97. The van der Waals surface area contributed by atoms with Crippen LogP contribution >= 0.6 is 0 Å². The van der Waals surface area contributed by atoms with Gasteiger partial charge in [-0.3, -0.25) is 0 Å². The maximum absolute atomic E-state index is 5.45. The van der Waals surface area contributed by atoms with E-state index >= 15 is 0 Å². The zero-order chi connectivity index (χ0) is 19.4. The molecule has 0 atom stereocenters. The fourth-order valence-corrected chi connectivity index (χ4v) is 4.89. The van der Waals surface area contributed by atoms with Gasteiger partial charge >= 0.3 is 0 Å². The van der Waals surface area contributed by atoms with Gasteiger partial charge in [-0.05, 0) is 82.3 Å². The molecule has 0 saturated heterocycles. The third-order valence-corrected chi connectivity index (χ3v) is 6.24. The highest BCUT2D eigenvalue weighted by molar-refractivity contribution is 6.13. The first-order chi connectivity index (χ1) is 14.3. The number of hydrogen-bond donors (Lipinski definition) is 0. The summed E-state index contributed by atoms with van der Waals surface area (Å²) < 4.78 is 5.45. The van der Waals surface area contributed by atoms with E-state index in [4.69, 9.17) is 9.72 Å². The Balaban J connectivity index is 1.70. The minimum atomic E-state index is 0.876. The second-order valence-electron chi connectivity index (χ2n) is 7.88. The van der Waals surface area contributed by atoms with Crippen molar-refractivity contribution >= 4 is 32.4 Å². The van der Waals surface area contributed by atoms with Gasteiger partial charge in [-0.15, -0.1) is 0 Å². The van der Waals surface area contributed by atoms with E-state index < -0.39 is 0 Å². The Bertz CT molecular complexity index is 1420. The molecule has 1 aliphatic carbocycles. The van der Waals surface area contributed by atoms with Crippen molar-refractivity contribution in [2.75, 3.05) is 7.11 Å². The highest BCUT2D eigenvalue weighted by Gasteiger charge is 2.22. The third kappa shape index (κ3) is 2.52. The summed E-state index contributed by atoms with van der Waals surface area (Å²) in [6, 6.07) is 25.9. The molecule has 0 amide bonds. The first-order valence-electron chi connectivity index (χ1n) is 10.2. The smallest absolute Gasteiger partial charge is 0.119 e. The summed E-state index contributed by atoms with van der Waals surface area (Å²) in [6.45, 7) is 0. The van der Waals surface area contributed by atoms with Crippen molar-refractivity contribution in [3.8, 4) is 17.0 Å². The first-order valence-corrected chi connectivity index (χ1v) is 10.2. The van der Waals surface area contributed by atoms with Crippen LogP contribution in [0.15, 0.2) is 72.8 Å². The molecule has 0 fully saturated rings. The summed E-state index contributed by atoms with van der Waals surface area (Å²) in [6.07, 6.45) is 3.41. The average molecular weight is 375 g/mol. The molecule has 0 saturated carbocycles. The van der Waals surface area contributed by atoms with Gasteiger partial charge in [0.05, 0.1) is 18.3 Å². The van der Waals surface area contributed by atoms with E-state index in [1.165, 1.54) is 44.5 Å². The van der Waals surface area contributed by atoms with Crippen molar-refractivity contribution in [2.45, 2.75) is 19.3 Å². The first kappa shape index (κ1) is 16.6. The largest absolute Gasteiger partial charge is 0.497 e. The van der Waals surface area contributed by atoms with Crippen LogP contribution in [0, 0.1) is 0 Å². The standard InChI is InChI=1S/C27H21NO/c1-29-21-9-4-8-20(15-21)27-23-11-5-10-22(23)26-24-16-18-7-3-2-6-17(18)14-19(24)12-13-25(26)28-27/h2-4,6-9,12-16H,5,10-11H2,1H3. The van der Waals surface area contributed by atoms with Crippen LogP contribution in [0.2, 0.25) is 0 Å². The minimum Gasteiger partial charge on any atom is -0.497 e. The molecule has 140 valence electrons. The summed E-state index contributed by atoms with van der Waals surface area (Å²) in [7, 11) is 1.72. The highest BCUT2D eigenvalue weighted by Crippen LogP contribution is 2.40. The summed E-state index contributed by atoms with van der Waals surface area (Å²) in [5.41, 5.74) is 6.23. The Hall–Kier alpha value is -3.39. The van der Waals surface area contributed by atoms with Gasteiger partial charge in [0.1, 0.15) is 5.75 Å². The summed E-state index contributed by atoms with van der Waals surface area (Å²) in [4.78, 5) is 5.17. The van der Waals surface area contributed by atoms with Crippen LogP contribution in [0.25, 0.3) is 43.7 Å². The number of nitrogens with zero attached hydrogens (tertiary/aromatic N) is 1. The molecular weight excluding hydrogens is 354 g/mol. The molecular formula is C27H21NO. The van der Waals surface area contributed by atoms with Crippen molar-refractivity contribution in [1.82, 2.24) is 4.98 Å². The fraction of sp³-hybridized carbons (Fsp3) is 0.148. The van der Waals surface area contributed by atoms with Crippen LogP contribution in [0.4, 0.5) is 0 Å². The summed E-state index contributed by atoms with van der Waals surface area (Å²) >= 11 is 0. The zero-order valence-electron chi connectivity index (χ0n) is 16.4. The number of aromatic nitrogens is 1. The SMILES string of the molecule is COc1cccc(-c2nc3ccc4cc5ccccc5cc4c3c3c2CCC3)c1. The second kappa shape index (κ2) is 6.31. The molecule has 1 aliphatic rings. The zero-order valence-corrected chi connectivity index (χ0v) is 16.4. The third-order valence-electron chi connectivity index (χ3n) is 6.24. The average Bonchev–Trinajstić information content (AvgIpc) is 3.26. The topological polar surface area (TPSA) is 22.1 Å². The molecule has 1 aromatic heterocycles. The molecule has 0 spiro atoms. The number of rotatable bonds is 2. The van der Waals surface area contributed by atoms with Gasteiger partial charge < -0.3 is 4.74 Å². The lowest BCUT2D eigenvalue weighted by Gasteiger charge is -2.15. The van der Waals surface area contributed by atoms with Gasteiger partial charge in [-0.1, -0.05) is 42.5 Å². The Morgan fingerprint density at radius 1 is 0.759 bits per heavy atom. The molecule has 0 unspecified atom stereocenters. The number of ether oxygens (including phenoxy) is 1. The van der Waals surface area contributed by atoms with Crippen molar-refractivity contribution in [2.24, 2.45) is 0 Å². The van der Waals surface area contributed by atoms with Crippen molar-refractivity contribution < 1.29 is 4.74 Å². The molecule has 2 nitrogen and oxygen atoms in total. The maximum atomic E-state index is 5.45. The van der Waals surface area contributed by atoms with Crippen LogP contribution in [0.1, 0.15) is 17.5 Å². The van der Waals surface area contributed by atoms with E-state index in [2.05, 4.69) is 60.7 Å². The van der Waals surface area contributed by atoms with Crippen LogP contribution in [0.3, 0.4) is 0 Å². The van der Waals surface area contributed by atoms with E-state index in [-0.39, 0.29) is 0 Å². The lowest BCUT2D eigenvalue weighted by molar-refractivity contribution is 0.415. The summed E-state index contributed by atoms with van der Waals surface area (Å²) in [5, 5.41) is 6.53. The molecule has 2 heteroatoms. The maximum Gasteiger partial charge on any atom is 0.119 e. The van der Waals surface area contributed by atoms with E-state index in [0.29, 0.717) is 0 Å². The molecule has 4 aromatic carbocycles. The van der Waals surface area contributed by atoms with Crippen LogP contribution < -0.4 is 4.74 Å².